The Labute approximate surface area is 186 Å². The molecule has 2 N–H and O–H groups in total. The molecule has 1 aliphatic carbocycles. The third-order valence-electron chi connectivity index (χ3n) is 5.55. The molecule has 0 saturated carbocycles. The van der Waals surface area contributed by atoms with Gasteiger partial charge in [-0.3, -0.25) is 4.79 Å². The molecule has 1 atom stereocenters. The lowest BCUT2D eigenvalue weighted by molar-refractivity contribution is -0.116. The Balaban J connectivity index is 1.42. The highest BCUT2D eigenvalue weighted by Gasteiger charge is 2.33. The molecule has 1 aromatic heterocycles. The summed E-state index contributed by atoms with van der Waals surface area (Å²) in [5.41, 5.74) is 4.34. The van der Waals surface area contributed by atoms with Crippen molar-refractivity contribution in [3.8, 4) is 11.1 Å². The second-order valence-electron chi connectivity index (χ2n) is 7.63. The molecule has 2 aromatic carbocycles. The highest BCUT2D eigenvalue weighted by atomic mass is 32.2. The van der Waals surface area contributed by atoms with Gasteiger partial charge in [0.2, 0.25) is 5.95 Å². The molecule has 0 fully saturated rings. The molecular weight excluding hydrogens is 435 g/mol. The molecule has 8 heteroatoms. The van der Waals surface area contributed by atoms with Crippen LogP contribution in [0.3, 0.4) is 0 Å². The molecular formula is C24H18F3N3OS. The Bertz CT molecular complexity index is 1220. The van der Waals surface area contributed by atoms with Gasteiger partial charge in [0.15, 0.2) is 5.37 Å². The van der Waals surface area contributed by atoms with Gasteiger partial charge in [0, 0.05) is 22.4 Å². The Morgan fingerprint density at radius 1 is 1.03 bits per heavy atom. The summed E-state index contributed by atoms with van der Waals surface area (Å²) in [5.74, 6) is -2.70. The smallest absolute Gasteiger partial charge is 0.257 e. The molecule has 1 amide bonds. The highest BCUT2D eigenvalue weighted by Crippen LogP contribution is 2.44. The predicted octanol–water partition coefficient (Wildman–Crippen LogP) is 5.47. The number of pyridine rings is 1. The first-order valence-electron chi connectivity index (χ1n) is 10.2. The van der Waals surface area contributed by atoms with Crippen LogP contribution < -0.4 is 10.6 Å². The molecule has 0 radical (unpaired) electrons. The monoisotopic (exact) mass is 453 g/mol. The van der Waals surface area contributed by atoms with E-state index in [0.29, 0.717) is 0 Å². The van der Waals surface area contributed by atoms with E-state index in [2.05, 4.69) is 15.6 Å². The maximum absolute atomic E-state index is 14.0. The van der Waals surface area contributed by atoms with Crippen molar-refractivity contribution in [3.63, 3.8) is 0 Å². The molecule has 32 heavy (non-hydrogen) atoms. The van der Waals surface area contributed by atoms with Crippen LogP contribution in [0.5, 0.6) is 0 Å². The maximum atomic E-state index is 14.0. The van der Waals surface area contributed by atoms with Crippen LogP contribution in [-0.2, 0) is 11.2 Å². The van der Waals surface area contributed by atoms with E-state index in [1.165, 1.54) is 30.1 Å². The van der Waals surface area contributed by atoms with E-state index in [1.54, 1.807) is 6.07 Å². The van der Waals surface area contributed by atoms with Crippen molar-refractivity contribution in [1.29, 1.82) is 0 Å². The number of para-hydroxylation sites is 1. The minimum atomic E-state index is -0.821. The lowest BCUT2D eigenvalue weighted by atomic mass is 9.98. The third kappa shape index (κ3) is 3.86. The summed E-state index contributed by atoms with van der Waals surface area (Å²) >= 11 is 1.33. The van der Waals surface area contributed by atoms with Crippen LogP contribution in [0.1, 0.15) is 24.0 Å². The number of nitrogens with one attached hydrogen (secondary N) is 2. The Hall–Kier alpha value is -3.26. The number of benzene rings is 2. The first kappa shape index (κ1) is 20.6. The molecule has 3 aromatic rings. The van der Waals surface area contributed by atoms with Crippen molar-refractivity contribution in [2.45, 2.75) is 24.6 Å². The zero-order valence-electron chi connectivity index (χ0n) is 16.8. The summed E-state index contributed by atoms with van der Waals surface area (Å²) in [5, 5.41) is 4.89. The van der Waals surface area contributed by atoms with Gasteiger partial charge in [-0.1, -0.05) is 30.0 Å². The van der Waals surface area contributed by atoms with Crippen molar-refractivity contribution in [2.24, 2.45) is 0 Å². The van der Waals surface area contributed by atoms with Gasteiger partial charge in [0.25, 0.3) is 5.91 Å². The predicted molar refractivity (Wildman–Crippen MR) is 119 cm³/mol. The first-order valence-corrected chi connectivity index (χ1v) is 11.0. The summed E-state index contributed by atoms with van der Waals surface area (Å²) in [7, 11) is 0. The number of allylic oxidation sites excluding steroid dienone is 1. The number of amides is 1. The molecule has 0 bridgehead atoms. The zero-order valence-corrected chi connectivity index (χ0v) is 17.6. The maximum Gasteiger partial charge on any atom is 0.257 e. The fourth-order valence-corrected chi connectivity index (χ4v) is 5.19. The summed E-state index contributed by atoms with van der Waals surface area (Å²) in [6.45, 7) is 0. The van der Waals surface area contributed by atoms with Crippen molar-refractivity contribution < 1.29 is 18.0 Å². The van der Waals surface area contributed by atoms with Gasteiger partial charge in [0.05, 0.1) is 0 Å². The molecule has 4 nitrogen and oxygen atoms in total. The molecule has 5 rings (SSSR count). The van der Waals surface area contributed by atoms with Gasteiger partial charge in [0.1, 0.15) is 17.3 Å². The van der Waals surface area contributed by atoms with Crippen LogP contribution in [0.15, 0.2) is 60.4 Å². The van der Waals surface area contributed by atoms with Crippen LogP contribution in [0, 0.1) is 17.6 Å². The number of anilines is 1. The molecule has 0 spiro atoms. The number of rotatable bonds is 3. The summed E-state index contributed by atoms with van der Waals surface area (Å²) < 4.78 is 41.1. The normalized spacial score (nSPS) is 17.3. The largest absolute Gasteiger partial charge is 0.368 e. The van der Waals surface area contributed by atoms with Crippen LogP contribution >= 0.6 is 11.8 Å². The number of hydrogen-bond acceptors (Lipinski definition) is 4. The van der Waals surface area contributed by atoms with Crippen LogP contribution in [-0.4, -0.2) is 16.3 Å². The highest BCUT2D eigenvalue weighted by molar-refractivity contribution is 8.09. The summed E-state index contributed by atoms with van der Waals surface area (Å²) in [6.07, 6.45) is 4.06. The molecule has 0 saturated heterocycles. The Kier molecular flexibility index (Phi) is 5.38. The Morgan fingerprint density at radius 3 is 2.56 bits per heavy atom. The molecule has 2 aliphatic rings. The average molecular weight is 453 g/mol. The van der Waals surface area contributed by atoms with E-state index in [1.807, 2.05) is 18.2 Å². The first-order chi connectivity index (χ1) is 15.5. The van der Waals surface area contributed by atoms with Crippen molar-refractivity contribution >= 4 is 28.3 Å². The average Bonchev–Trinajstić information content (AvgIpc) is 3.14. The van der Waals surface area contributed by atoms with E-state index in [0.717, 1.165) is 64.3 Å². The second-order valence-corrected chi connectivity index (χ2v) is 8.75. The van der Waals surface area contributed by atoms with Crippen molar-refractivity contribution in [1.82, 2.24) is 10.3 Å². The number of aryl methyl sites for hydroxylation is 1. The molecule has 2 heterocycles. The van der Waals surface area contributed by atoms with E-state index in [-0.39, 0.29) is 0 Å². The number of carbonyl (C=O) groups excluding carboxylic acids is 1. The number of fused-ring (bicyclic) bond motifs is 2. The van der Waals surface area contributed by atoms with Gasteiger partial charge in [-0.05, 0) is 66.3 Å². The van der Waals surface area contributed by atoms with E-state index >= 15 is 0 Å². The van der Waals surface area contributed by atoms with Crippen molar-refractivity contribution in [2.75, 3.05) is 5.32 Å². The van der Waals surface area contributed by atoms with E-state index < -0.39 is 34.6 Å². The number of carbonyl (C=O) groups is 1. The Morgan fingerprint density at radius 2 is 1.81 bits per heavy atom. The van der Waals surface area contributed by atoms with Crippen LogP contribution in [0.4, 0.5) is 18.9 Å². The number of aromatic nitrogens is 1. The summed E-state index contributed by atoms with van der Waals surface area (Å²) in [6, 6.07) is 12.5. The quantitative estimate of drug-likeness (QED) is 0.517. The number of nitrogens with zero attached hydrogens (tertiary/aromatic N) is 1. The number of thioether (sulfide) groups is 1. The minimum absolute atomic E-state index is 0.450. The lowest BCUT2D eigenvalue weighted by Gasteiger charge is -2.15. The fourth-order valence-electron chi connectivity index (χ4n) is 3.97. The second kappa shape index (κ2) is 8.35. The van der Waals surface area contributed by atoms with Gasteiger partial charge >= 0.3 is 0 Å². The molecule has 162 valence electrons. The lowest BCUT2D eigenvalue weighted by Crippen LogP contribution is -2.34. The minimum Gasteiger partial charge on any atom is -0.368 e. The van der Waals surface area contributed by atoms with E-state index in [4.69, 9.17) is 0 Å². The number of halogens is 3. The van der Waals surface area contributed by atoms with Crippen molar-refractivity contribution in [3.05, 3.63) is 89.1 Å². The molecule has 1 unspecified atom stereocenters. The van der Waals surface area contributed by atoms with Crippen LogP contribution in [0.2, 0.25) is 0 Å². The standard InChI is InChI=1S/C24H18F3N3OS/c25-17-4-2-5-18(26)21(17)30-23(31)24-29-19-6-1-3-13-7-8-14(11-16(13)22(19)32-24)15-9-10-20(27)28-12-15/h2,4-5,7-12,24,29H,1,3,6H2,(H,30,31). The zero-order chi connectivity index (χ0) is 22.2. The van der Waals surface area contributed by atoms with Gasteiger partial charge < -0.3 is 10.6 Å². The topological polar surface area (TPSA) is 54.0 Å². The number of hydrogen-bond donors (Lipinski definition) is 2. The SMILES string of the molecule is O=C(Nc1c(F)cccc1F)C1NC2=C(S1)c1cc(-c3ccc(F)nc3)ccc1CCC2. The van der Waals surface area contributed by atoms with Crippen LogP contribution in [0.25, 0.3) is 16.0 Å². The molecule has 1 aliphatic heterocycles. The third-order valence-corrected chi connectivity index (χ3v) is 6.82. The van der Waals surface area contributed by atoms with E-state index in [9.17, 15) is 18.0 Å². The van der Waals surface area contributed by atoms with Gasteiger partial charge in [-0.25, -0.2) is 13.8 Å². The summed E-state index contributed by atoms with van der Waals surface area (Å²) in [4.78, 5) is 17.5. The van der Waals surface area contributed by atoms with Gasteiger partial charge in [-0.15, -0.1) is 0 Å². The fraction of sp³-hybridized carbons (Fsp3) is 0.167. The van der Waals surface area contributed by atoms with Gasteiger partial charge in [-0.2, -0.15) is 4.39 Å².